The van der Waals surface area contributed by atoms with Crippen LogP contribution in [0.1, 0.15) is 16.1 Å². The predicted molar refractivity (Wildman–Crippen MR) is 97.4 cm³/mol. The molecule has 0 unspecified atom stereocenters. The van der Waals surface area contributed by atoms with E-state index >= 15 is 0 Å². The first-order valence-electron chi connectivity index (χ1n) is 7.14. The standard InChI is InChI=1S/C16H13N3O4S2/c1-8-11(15(20)23-2)12(9-5-4-6-10(7-9)19(21)22)13-14(17-8)18-16(24-3)25-13/h4-7H,1-3H3. The number of fused-ring (bicyclic) bond motifs is 1. The molecule has 0 radical (unpaired) electrons. The SMILES string of the molecule is COC(=O)c1c(C)nc2nc(SC)sc2c1-c1cccc([N+](=O)[O-])c1. The van der Waals surface area contributed by atoms with E-state index in [4.69, 9.17) is 4.74 Å². The Bertz CT molecular complexity index is 1000. The highest BCUT2D eigenvalue weighted by Gasteiger charge is 2.24. The van der Waals surface area contributed by atoms with Crippen molar-refractivity contribution in [2.24, 2.45) is 0 Å². The Balaban J connectivity index is 2.41. The van der Waals surface area contributed by atoms with Gasteiger partial charge < -0.3 is 4.74 Å². The van der Waals surface area contributed by atoms with Gasteiger partial charge in [-0.2, -0.15) is 0 Å². The predicted octanol–water partition coefficient (Wildman–Crippen LogP) is 4.08. The number of thiazole rings is 1. The summed E-state index contributed by atoms with van der Waals surface area (Å²) in [5, 5.41) is 11.1. The molecule has 7 nitrogen and oxygen atoms in total. The third-order valence-electron chi connectivity index (χ3n) is 3.61. The van der Waals surface area contributed by atoms with Crippen LogP contribution >= 0.6 is 23.1 Å². The minimum atomic E-state index is -0.535. The van der Waals surface area contributed by atoms with Gasteiger partial charge in [0, 0.05) is 17.7 Å². The fourth-order valence-corrected chi connectivity index (χ4v) is 4.10. The summed E-state index contributed by atoms with van der Waals surface area (Å²) in [5.41, 5.74) is 2.36. The third kappa shape index (κ3) is 3.08. The van der Waals surface area contributed by atoms with Gasteiger partial charge in [0.15, 0.2) is 9.99 Å². The van der Waals surface area contributed by atoms with E-state index in [0.29, 0.717) is 32.7 Å². The number of hydrogen-bond donors (Lipinski definition) is 0. The second-order valence-electron chi connectivity index (χ2n) is 5.08. The molecule has 3 aromatic rings. The number of thioether (sulfide) groups is 1. The van der Waals surface area contributed by atoms with Crippen molar-refractivity contribution in [2.45, 2.75) is 11.3 Å². The second-order valence-corrected chi connectivity index (χ2v) is 7.14. The topological polar surface area (TPSA) is 95.2 Å². The number of rotatable bonds is 4. The summed E-state index contributed by atoms with van der Waals surface area (Å²) < 4.78 is 6.41. The van der Waals surface area contributed by atoms with Crippen molar-refractivity contribution in [3.05, 3.63) is 45.6 Å². The first-order valence-corrected chi connectivity index (χ1v) is 9.18. The van der Waals surface area contributed by atoms with Crippen molar-refractivity contribution < 1.29 is 14.5 Å². The number of carbonyl (C=O) groups is 1. The zero-order valence-electron chi connectivity index (χ0n) is 13.6. The van der Waals surface area contributed by atoms with Crippen LogP contribution in [0.5, 0.6) is 0 Å². The van der Waals surface area contributed by atoms with Gasteiger partial charge in [-0.05, 0) is 18.7 Å². The molecule has 1 aromatic carbocycles. The Kier molecular flexibility index (Phi) is 4.69. The zero-order chi connectivity index (χ0) is 18.1. The molecule has 0 spiro atoms. The maximum absolute atomic E-state index is 12.4. The molecule has 0 saturated heterocycles. The maximum atomic E-state index is 12.4. The van der Waals surface area contributed by atoms with Crippen LogP contribution in [0, 0.1) is 17.0 Å². The summed E-state index contributed by atoms with van der Waals surface area (Å²) in [4.78, 5) is 31.9. The van der Waals surface area contributed by atoms with Crippen LogP contribution in [-0.4, -0.2) is 34.2 Å². The number of nitro groups is 1. The van der Waals surface area contributed by atoms with Gasteiger partial charge in [0.25, 0.3) is 5.69 Å². The number of hydrogen-bond acceptors (Lipinski definition) is 8. The molecule has 9 heteroatoms. The number of ether oxygens (including phenoxy) is 1. The number of non-ortho nitro benzene ring substituents is 1. The lowest BCUT2D eigenvalue weighted by Crippen LogP contribution is -2.08. The molecule has 0 amide bonds. The molecule has 0 N–H and O–H groups in total. The van der Waals surface area contributed by atoms with Gasteiger partial charge in [-0.15, -0.1) is 11.3 Å². The molecule has 2 aromatic heterocycles. The largest absolute Gasteiger partial charge is 0.465 e. The number of nitrogens with zero attached hydrogens (tertiary/aromatic N) is 3. The van der Waals surface area contributed by atoms with Gasteiger partial charge in [0.05, 0.1) is 28.0 Å². The number of pyridine rings is 1. The lowest BCUT2D eigenvalue weighted by Gasteiger charge is -2.11. The first kappa shape index (κ1) is 17.3. The van der Waals surface area contributed by atoms with Gasteiger partial charge in [-0.25, -0.2) is 14.8 Å². The van der Waals surface area contributed by atoms with E-state index < -0.39 is 10.9 Å². The molecule has 0 fully saturated rings. The smallest absolute Gasteiger partial charge is 0.340 e. The van der Waals surface area contributed by atoms with Crippen molar-refractivity contribution in [1.29, 1.82) is 0 Å². The van der Waals surface area contributed by atoms with E-state index in [2.05, 4.69) is 9.97 Å². The van der Waals surface area contributed by atoms with Crippen LogP contribution in [0.2, 0.25) is 0 Å². The average molecular weight is 375 g/mol. The Labute approximate surface area is 151 Å². The van der Waals surface area contributed by atoms with Crippen LogP contribution in [0.3, 0.4) is 0 Å². The van der Waals surface area contributed by atoms with Gasteiger partial charge in [-0.1, -0.05) is 23.9 Å². The van der Waals surface area contributed by atoms with Gasteiger partial charge in [0.1, 0.15) is 0 Å². The van der Waals surface area contributed by atoms with Gasteiger partial charge in [-0.3, -0.25) is 10.1 Å². The fourth-order valence-electron chi connectivity index (χ4n) is 2.53. The summed E-state index contributed by atoms with van der Waals surface area (Å²) in [6.07, 6.45) is 1.90. The Morgan fingerprint density at radius 2 is 2.12 bits per heavy atom. The van der Waals surface area contributed by atoms with Crippen LogP contribution in [0.15, 0.2) is 28.6 Å². The van der Waals surface area contributed by atoms with Crippen molar-refractivity contribution in [3.63, 3.8) is 0 Å². The molecule has 2 heterocycles. The normalized spacial score (nSPS) is 10.8. The zero-order valence-corrected chi connectivity index (χ0v) is 15.2. The highest BCUT2D eigenvalue weighted by atomic mass is 32.2. The highest BCUT2D eigenvalue weighted by molar-refractivity contribution is 8.00. The number of aryl methyl sites for hydroxylation is 1. The van der Waals surface area contributed by atoms with Crippen molar-refractivity contribution >= 4 is 45.1 Å². The number of benzene rings is 1. The molecule has 0 aliphatic carbocycles. The summed E-state index contributed by atoms with van der Waals surface area (Å²) >= 11 is 2.87. The number of methoxy groups -OCH3 is 1. The van der Waals surface area contributed by atoms with E-state index in [1.807, 2.05) is 6.26 Å². The Morgan fingerprint density at radius 3 is 2.76 bits per heavy atom. The average Bonchev–Trinajstić information content (AvgIpc) is 3.02. The molecule has 0 atom stereocenters. The van der Waals surface area contributed by atoms with Crippen LogP contribution in [0.4, 0.5) is 5.69 Å². The number of esters is 1. The monoisotopic (exact) mass is 375 g/mol. The molecule has 128 valence electrons. The van der Waals surface area contributed by atoms with Crippen LogP contribution in [-0.2, 0) is 4.74 Å². The Hall–Kier alpha value is -2.52. The minimum Gasteiger partial charge on any atom is -0.465 e. The number of carbonyl (C=O) groups excluding carboxylic acids is 1. The van der Waals surface area contributed by atoms with E-state index in [1.54, 1.807) is 19.1 Å². The van der Waals surface area contributed by atoms with E-state index in [1.165, 1.54) is 42.3 Å². The summed E-state index contributed by atoms with van der Waals surface area (Å²) in [6, 6.07) is 6.17. The minimum absolute atomic E-state index is 0.0504. The van der Waals surface area contributed by atoms with Gasteiger partial charge >= 0.3 is 5.97 Å². The van der Waals surface area contributed by atoms with Crippen LogP contribution < -0.4 is 0 Å². The molecule has 3 rings (SSSR count). The number of aromatic nitrogens is 2. The molecule has 0 aliphatic heterocycles. The van der Waals surface area contributed by atoms with Crippen molar-refractivity contribution in [2.75, 3.05) is 13.4 Å². The molecule has 0 aliphatic rings. The van der Waals surface area contributed by atoms with Crippen molar-refractivity contribution in [1.82, 2.24) is 9.97 Å². The molecule has 25 heavy (non-hydrogen) atoms. The molecular weight excluding hydrogens is 362 g/mol. The summed E-state index contributed by atoms with van der Waals surface area (Å²) in [7, 11) is 1.29. The molecule has 0 saturated carbocycles. The molecule has 0 bridgehead atoms. The van der Waals surface area contributed by atoms with E-state index in [0.717, 1.165) is 4.34 Å². The third-order valence-corrected chi connectivity index (χ3v) is 5.66. The summed E-state index contributed by atoms with van der Waals surface area (Å²) in [6.45, 7) is 1.70. The summed E-state index contributed by atoms with van der Waals surface area (Å²) in [5.74, 6) is -0.535. The highest BCUT2D eigenvalue weighted by Crippen LogP contribution is 2.39. The quantitative estimate of drug-likeness (QED) is 0.293. The van der Waals surface area contributed by atoms with E-state index in [-0.39, 0.29) is 5.69 Å². The second kappa shape index (κ2) is 6.77. The van der Waals surface area contributed by atoms with Gasteiger partial charge in [0.2, 0.25) is 0 Å². The van der Waals surface area contributed by atoms with E-state index in [9.17, 15) is 14.9 Å². The molecular formula is C16H13N3O4S2. The van der Waals surface area contributed by atoms with Crippen LogP contribution in [0.25, 0.3) is 21.5 Å². The number of nitro benzene ring substituents is 1. The Morgan fingerprint density at radius 1 is 1.36 bits per heavy atom. The lowest BCUT2D eigenvalue weighted by molar-refractivity contribution is -0.384. The maximum Gasteiger partial charge on any atom is 0.340 e. The first-order chi connectivity index (χ1) is 12.0. The van der Waals surface area contributed by atoms with Crippen molar-refractivity contribution in [3.8, 4) is 11.1 Å². The fraction of sp³-hybridized carbons (Fsp3) is 0.188. The lowest BCUT2D eigenvalue weighted by atomic mass is 9.98.